The normalized spacial score (nSPS) is 19.4. The maximum absolute atomic E-state index is 13.1. The Morgan fingerprint density at radius 3 is 2.81 bits per heavy atom. The van der Waals surface area contributed by atoms with E-state index in [0.717, 1.165) is 6.54 Å². The lowest BCUT2D eigenvalue weighted by molar-refractivity contribution is 0.0742. The van der Waals surface area contributed by atoms with Gasteiger partial charge in [-0.15, -0.1) is 0 Å². The molecule has 0 bridgehead atoms. The van der Waals surface area contributed by atoms with Gasteiger partial charge in [0.25, 0.3) is 0 Å². The predicted molar refractivity (Wildman–Crippen MR) is 97.7 cm³/mol. The molecule has 1 heterocycles. The molecule has 0 aromatic heterocycles. The number of ether oxygens (including phenoxy) is 1. The van der Waals surface area contributed by atoms with E-state index in [2.05, 4.69) is 38.9 Å². The molecule has 1 fully saturated rings. The molecular weight excluding hydrogens is 331 g/mol. The van der Waals surface area contributed by atoms with Crippen LogP contribution in [0.3, 0.4) is 0 Å². The molecule has 1 unspecified atom stereocenters. The number of benzene rings is 2. The van der Waals surface area contributed by atoms with Crippen LogP contribution in [0, 0.1) is 17.7 Å². The molecule has 6 heteroatoms. The fraction of sp³-hybridized carbons (Fsp3) is 0.300. The van der Waals surface area contributed by atoms with E-state index in [1.54, 1.807) is 12.1 Å². The zero-order valence-corrected chi connectivity index (χ0v) is 14.3. The highest BCUT2D eigenvalue weighted by molar-refractivity contribution is 5.34. The predicted octanol–water partition coefficient (Wildman–Crippen LogP) is 3.76. The third-order valence-corrected chi connectivity index (χ3v) is 4.19. The molecule has 3 rings (SSSR count). The van der Waals surface area contributed by atoms with Crippen molar-refractivity contribution in [3.63, 3.8) is 0 Å². The van der Waals surface area contributed by atoms with Crippen molar-refractivity contribution in [2.24, 2.45) is 5.11 Å². The van der Waals surface area contributed by atoms with Crippen molar-refractivity contribution in [1.29, 1.82) is 0 Å². The number of hydrogen-bond donors (Lipinski definition) is 0. The lowest BCUT2D eigenvalue weighted by Gasteiger charge is -2.15. The van der Waals surface area contributed by atoms with Crippen LogP contribution < -0.4 is 0 Å². The van der Waals surface area contributed by atoms with Gasteiger partial charge in [0.2, 0.25) is 0 Å². The van der Waals surface area contributed by atoms with Crippen molar-refractivity contribution >= 4 is 0 Å². The molecule has 1 aliphatic heterocycles. The lowest BCUT2D eigenvalue weighted by Crippen LogP contribution is -2.25. The van der Waals surface area contributed by atoms with Crippen LogP contribution in [0.2, 0.25) is 0 Å². The minimum atomic E-state index is -0.312. The summed E-state index contributed by atoms with van der Waals surface area (Å²) in [4.78, 5) is 5.14. The van der Waals surface area contributed by atoms with Gasteiger partial charge in [0, 0.05) is 30.1 Å². The van der Waals surface area contributed by atoms with Gasteiger partial charge in [-0.2, -0.15) is 0 Å². The van der Waals surface area contributed by atoms with Crippen molar-refractivity contribution < 1.29 is 9.13 Å². The van der Waals surface area contributed by atoms with Crippen LogP contribution in [0.25, 0.3) is 10.4 Å². The largest absolute Gasteiger partial charge is 0.364 e. The third-order valence-electron chi connectivity index (χ3n) is 4.19. The van der Waals surface area contributed by atoms with Gasteiger partial charge in [0.1, 0.15) is 12.4 Å². The Balaban J connectivity index is 1.56. The second-order valence-electron chi connectivity index (χ2n) is 6.11. The average molecular weight is 350 g/mol. The summed E-state index contributed by atoms with van der Waals surface area (Å²) in [5, 5.41) is 3.86. The molecule has 132 valence electrons. The molecule has 26 heavy (non-hydrogen) atoms. The minimum absolute atomic E-state index is 0.198. The van der Waals surface area contributed by atoms with Crippen LogP contribution in [0.15, 0.2) is 59.7 Å². The van der Waals surface area contributed by atoms with E-state index in [1.165, 1.54) is 17.7 Å². The Bertz CT molecular complexity index is 840. The quantitative estimate of drug-likeness (QED) is 0.357. The van der Waals surface area contributed by atoms with Crippen molar-refractivity contribution in [2.75, 3.05) is 19.7 Å². The smallest absolute Gasteiger partial charge is 0.124 e. The van der Waals surface area contributed by atoms with Crippen molar-refractivity contribution in [3.05, 3.63) is 82.0 Å². The van der Waals surface area contributed by atoms with Gasteiger partial charge < -0.3 is 4.74 Å². The van der Waals surface area contributed by atoms with Crippen molar-refractivity contribution in [1.82, 2.24) is 4.90 Å². The fourth-order valence-electron chi connectivity index (χ4n) is 3.00. The summed E-state index contributed by atoms with van der Waals surface area (Å²) in [7, 11) is 0. The molecule has 0 radical (unpaired) electrons. The highest BCUT2D eigenvalue weighted by Gasteiger charge is 2.32. The first-order chi connectivity index (χ1) is 12.7. The molecular formula is C20H19FN4O. The molecule has 5 nitrogen and oxygen atoms in total. The number of likely N-dealkylation sites (tertiary alicyclic amines) is 1. The van der Waals surface area contributed by atoms with Gasteiger partial charge >= 0.3 is 0 Å². The Morgan fingerprint density at radius 2 is 2.04 bits per heavy atom. The maximum atomic E-state index is 13.1. The van der Waals surface area contributed by atoms with Crippen LogP contribution in [0.4, 0.5) is 4.39 Å². The summed E-state index contributed by atoms with van der Waals surface area (Å²) < 4.78 is 18.9. The second kappa shape index (κ2) is 9.02. The maximum Gasteiger partial charge on any atom is 0.124 e. The van der Waals surface area contributed by atoms with Gasteiger partial charge in [-0.05, 0) is 29.3 Å². The van der Waals surface area contributed by atoms with Gasteiger partial charge in [-0.1, -0.05) is 53.4 Å². The molecule has 0 spiro atoms. The summed E-state index contributed by atoms with van der Waals surface area (Å²) in [6.45, 7) is 2.33. The Labute approximate surface area is 152 Å². The molecule has 0 amide bonds. The molecule has 0 saturated carbocycles. The molecule has 1 saturated heterocycles. The molecule has 0 aliphatic carbocycles. The fourth-order valence-corrected chi connectivity index (χ4v) is 3.00. The Morgan fingerprint density at radius 1 is 1.19 bits per heavy atom. The molecule has 0 N–H and O–H groups in total. The van der Waals surface area contributed by atoms with E-state index in [1.807, 2.05) is 18.2 Å². The van der Waals surface area contributed by atoms with Gasteiger partial charge in [-0.25, -0.2) is 4.39 Å². The first-order valence-electron chi connectivity index (χ1n) is 8.41. The van der Waals surface area contributed by atoms with Crippen LogP contribution in [0.5, 0.6) is 0 Å². The molecule has 2 aromatic rings. The van der Waals surface area contributed by atoms with Gasteiger partial charge in [-0.3, -0.25) is 4.90 Å². The summed E-state index contributed by atoms with van der Waals surface area (Å²) in [6, 6.07) is 16.0. The first-order valence-corrected chi connectivity index (χ1v) is 8.41. The summed E-state index contributed by atoms with van der Waals surface area (Å²) in [6.07, 6.45) is -0.198. The van der Waals surface area contributed by atoms with Crippen LogP contribution in [0.1, 0.15) is 11.1 Å². The van der Waals surface area contributed by atoms with Gasteiger partial charge in [0.05, 0.1) is 12.1 Å². The van der Waals surface area contributed by atoms with Crippen LogP contribution in [-0.2, 0) is 11.3 Å². The standard InChI is InChI=1S/C20H19FN4O/c21-18-10-4-8-16(12-18)9-5-11-26-20-15-25(14-19(20)23-24-22)13-17-6-2-1-3-7-17/h1-4,6-8,10,12,19-20H,11,13-15H2/t19-,20?/m1/s1. The highest BCUT2D eigenvalue weighted by atomic mass is 19.1. The first kappa shape index (κ1) is 18.0. The zero-order valence-electron chi connectivity index (χ0n) is 14.3. The molecule has 1 aliphatic rings. The summed E-state index contributed by atoms with van der Waals surface area (Å²) >= 11 is 0. The molecule has 2 atom stereocenters. The summed E-state index contributed by atoms with van der Waals surface area (Å²) in [5.41, 5.74) is 10.6. The third kappa shape index (κ3) is 5.08. The Kier molecular flexibility index (Phi) is 6.24. The topological polar surface area (TPSA) is 61.2 Å². The zero-order chi connectivity index (χ0) is 18.2. The monoisotopic (exact) mass is 350 g/mol. The number of halogens is 1. The highest BCUT2D eigenvalue weighted by Crippen LogP contribution is 2.19. The van der Waals surface area contributed by atoms with Crippen LogP contribution in [-0.4, -0.2) is 36.7 Å². The number of nitrogens with zero attached hydrogens (tertiary/aromatic N) is 4. The Hall–Kier alpha value is -2.84. The van der Waals surface area contributed by atoms with E-state index in [9.17, 15) is 4.39 Å². The van der Waals surface area contributed by atoms with Crippen molar-refractivity contribution in [3.8, 4) is 11.8 Å². The van der Waals surface area contributed by atoms with E-state index in [0.29, 0.717) is 18.7 Å². The van der Waals surface area contributed by atoms with E-state index in [4.69, 9.17) is 10.3 Å². The second-order valence-corrected chi connectivity index (χ2v) is 6.11. The number of rotatable bonds is 5. The van der Waals surface area contributed by atoms with Crippen LogP contribution >= 0.6 is 0 Å². The number of hydrogen-bond acceptors (Lipinski definition) is 3. The SMILES string of the molecule is [N-]=[N+]=N[C@@H]1CN(Cc2ccccc2)CC1OCC#Cc1cccc(F)c1. The van der Waals surface area contributed by atoms with Crippen molar-refractivity contribution in [2.45, 2.75) is 18.7 Å². The average Bonchev–Trinajstić information content (AvgIpc) is 3.01. The molecule has 2 aromatic carbocycles. The minimum Gasteiger partial charge on any atom is -0.364 e. The van der Waals surface area contributed by atoms with E-state index < -0.39 is 0 Å². The van der Waals surface area contributed by atoms with E-state index in [-0.39, 0.29) is 24.6 Å². The van der Waals surface area contributed by atoms with E-state index >= 15 is 0 Å². The number of azide groups is 1. The lowest BCUT2D eigenvalue weighted by atomic mass is 10.2. The van der Waals surface area contributed by atoms with Gasteiger partial charge in [0.15, 0.2) is 0 Å². The summed E-state index contributed by atoms with van der Waals surface area (Å²) in [5.74, 6) is 5.45.